The number of rotatable bonds is 1. The van der Waals surface area contributed by atoms with Gasteiger partial charge in [-0.3, -0.25) is 0 Å². The Balaban J connectivity index is 2.30. The van der Waals surface area contributed by atoms with E-state index in [1.165, 1.54) is 0 Å². The van der Waals surface area contributed by atoms with Crippen LogP contribution in [0.5, 0.6) is 0 Å². The molecule has 0 aromatic carbocycles. The van der Waals surface area contributed by atoms with Crippen LogP contribution in [0.2, 0.25) is 0 Å². The van der Waals surface area contributed by atoms with Gasteiger partial charge in [0, 0.05) is 11.9 Å². The molecule has 53 valence electrons. The quantitative estimate of drug-likeness (QED) is 0.576. The van der Waals surface area contributed by atoms with E-state index in [9.17, 15) is 0 Å². The van der Waals surface area contributed by atoms with Gasteiger partial charge in [-0.25, -0.2) is 0 Å². The number of hydrogen-bond acceptors (Lipinski definition) is 1. The summed E-state index contributed by atoms with van der Waals surface area (Å²) in [6.45, 7) is 5.83. The van der Waals surface area contributed by atoms with Crippen LogP contribution in [0.15, 0.2) is 0 Å². The molecule has 2 heteroatoms. The highest BCUT2D eigenvalue weighted by Gasteiger charge is 2.20. The van der Waals surface area contributed by atoms with Crippen molar-refractivity contribution < 1.29 is 4.74 Å². The highest BCUT2D eigenvalue weighted by Crippen LogP contribution is 2.21. The van der Waals surface area contributed by atoms with Crippen LogP contribution >= 0.6 is 15.9 Å². The molecule has 2 atom stereocenters. The lowest BCUT2D eigenvalue weighted by molar-refractivity contribution is 0.0402. The van der Waals surface area contributed by atoms with E-state index in [4.69, 9.17) is 4.74 Å². The van der Waals surface area contributed by atoms with Crippen LogP contribution in [-0.4, -0.2) is 18.5 Å². The molecule has 0 bridgehead atoms. The van der Waals surface area contributed by atoms with Crippen LogP contribution in [0.1, 0.15) is 6.42 Å². The van der Waals surface area contributed by atoms with E-state index in [2.05, 4.69) is 22.9 Å². The van der Waals surface area contributed by atoms with Gasteiger partial charge in [0.1, 0.15) is 0 Å². The Morgan fingerprint density at radius 2 is 2.44 bits per heavy atom. The van der Waals surface area contributed by atoms with Gasteiger partial charge in [0.2, 0.25) is 0 Å². The maximum absolute atomic E-state index is 5.27. The second-order valence-corrected chi connectivity index (χ2v) is 3.19. The van der Waals surface area contributed by atoms with E-state index in [0.717, 1.165) is 25.0 Å². The molecule has 1 saturated heterocycles. The van der Waals surface area contributed by atoms with Gasteiger partial charge in [-0.1, -0.05) is 15.9 Å². The second kappa shape index (κ2) is 3.57. The average Bonchev–Trinajstić information content (AvgIpc) is 1.89. The van der Waals surface area contributed by atoms with Gasteiger partial charge in [-0.2, -0.15) is 0 Å². The predicted octanol–water partition coefficient (Wildman–Crippen LogP) is 1.87. The van der Waals surface area contributed by atoms with E-state index in [1.54, 1.807) is 0 Å². The summed E-state index contributed by atoms with van der Waals surface area (Å²) < 4.78 is 5.27. The smallest absolute Gasteiger partial charge is 0.0504 e. The molecule has 1 rings (SSSR count). The molecule has 1 heterocycles. The molecule has 0 amide bonds. The van der Waals surface area contributed by atoms with Crippen LogP contribution in [0.3, 0.4) is 0 Å². The van der Waals surface area contributed by atoms with Crippen LogP contribution < -0.4 is 0 Å². The summed E-state index contributed by atoms with van der Waals surface area (Å²) >= 11 is 3.43. The van der Waals surface area contributed by atoms with Crippen molar-refractivity contribution in [2.45, 2.75) is 6.42 Å². The molecule has 0 aliphatic carbocycles. The first-order chi connectivity index (χ1) is 4.34. The third kappa shape index (κ3) is 1.94. The minimum atomic E-state index is 0.595. The summed E-state index contributed by atoms with van der Waals surface area (Å²) in [5.41, 5.74) is 0. The summed E-state index contributed by atoms with van der Waals surface area (Å²) in [6.07, 6.45) is 1.12. The average molecular weight is 192 g/mol. The van der Waals surface area contributed by atoms with Crippen molar-refractivity contribution in [3.05, 3.63) is 6.92 Å². The summed E-state index contributed by atoms with van der Waals surface area (Å²) in [5.74, 6) is 1.23. The Bertz CT molecular complexity index is 85.0. The maximum Gasteiger partial charge on any atom is 0.0504 e. The Kier molecular flexibility index (Phi) is 2.99. The SMILES string of the molecule is [CH2]C1CCOCC1CBr. The Morgan fingerprint density at radius 1 is 1.67 bits per heavy atom. The van der Waals surface area contributed by atoms with Crippen molar-refractivity contribution in [1.29, 1.82) is 0 Å². The van der Waals surface area contributed by atoms with Crippen molar-refractivity contribution in [2.24, 2.45) is 11.8 Å². The van der Waals surface area contributed by atoms with E-state index in [0.29, 0.717) is 11.8 Å². The minimum Gasteiger partial charge on any atom is -0.381 e. The topological polar surface area (TPSA) is 9.23 Å². The van der Waals surface area contributed by atoms with Crippen LogP contribution in [-0.2, 0) is 4.74 Å². The van der Waals surface area contributed by atoms with Gasteiger partial charge in [-0.15, -0.1) is 0 Å². The number of alkyl halides is 1. The number of hydrogen-bond donors (Lipinski definition) is 0. The molecule has 2 unspecified atom stereocenters. The Morgan fingerprint density at radius 3 is 2.89 bits per heavy atom. The molecule has 0 spiro atoms. The van der Waals surface area contributed by atoms with Gasteiger partial charge >= 0.3 is 0 Å². The van der Waals surface area contributed by atoms with Gasteiger partial charge < -0.3 is 4.74 Å². The molecule has 1 fully saturated rings. The van der Waals surface area contributed by atoms with E-state index < -0.39 is 0 Å². The third-order valence-corrected chi connectivity index (χ3v) is 2.66. The fraction of sp³-hybridized carbons (Fsp3) is 0.857. The lowest BCUT2D eigenvalue weighted by Crippen LogP contribution is -2.26. The molecule has 0 saturated carbocycles. The Hall–Kier alpha value is 0.440. The summed E-state index contributed by atoms with van der Waals surface area (Å²) in [5, 5.41) is 1.03. The molecular weight excluding hydrogens is 180 g/mol. The van der Waals surface area contributed by atoms with E-state index >= 15 is 0 Å². The normalized spacial score (nSPS) is 36.7. The fourth-order valence-corrected chi connectivity index (χ4v) is 1.73. The fourth-order valence-electron chi connectivity index (χ4n) is 1.01. The standard InChI is InChI=1S/C7H12BrO/c1-6-2-3-9-5-7(6)4-8/h6-7H,1-5H2. The largest absolute Gasteiger partial charge is 0.381 e. The maximum atomic E-state index is 5.27. The molecule has 1 radical (unpaired) electrons. The molecule has 1 aliphatic rings. The van der Waals surface area contributed by atoms with Gasteiger partial charge in [0.25, 0.3) is 0 Å². The molecular formula is C7H12BrO. The van der Waals surface area contributed by atoms with Gasteiger partial charge in [0.15, 0.2) is 0 Å². The molecule has 9 heavy (non-hydrogen) atoms. The van der Waals surface area contributed by atoms with Crippen LogP contribution in [0, 0.1) is 18.8 Å². The van der Waals surface area contributed by atoms with Crippen LogP contribution in [0.25, 0.3) is 0 Å². The zero-order valence-electron chi connectivity index (χ0n) is 5.48. The summed E-state index contributed by atoms with van der Waals surface area (Å²) in [7, 11) is 0. The van der Waals surface area contributed by atoms with Crippen molar-refractivity contribution in [3.63, 3.8) is 0 Å². The van der Waals surface area contributed by atoms with Gasteiger partial charge in [0.05, 0.1) is 6.61 Å². The van der Waals surface area contributed by atoms with E-state index in [-0.39, 0.29) is 0 Å². The first-order valence-electron chi connectivity index (χ1n) is 3.31. The summed E-state index contributed by atoms with van der Waals surface area (Å²) in [4.78, 5) is 0. The van der Waals surface area contributed by atoms with Crippen molar-refractivity contribution in [1.82, 2.24) is 0 Å². The number of ether oxygens (including phenoxy) is 1. The summed E-state index contributed by atoms with van der Waals surface area (Å²) in [6, 6.07) is 0. The lowest BCUT2D eigenvalue weighted by Gasteiger charge is -2.26. The third-order valence-electron chi connectivity index (χ3n) is 1.83. The predicted molar refractivity (Wildman–Crippen MR) is 41.6 cm³/mol. The monoisotopic (exact) mass is 191 g/mol. The highest BCUT2D eigenvalue weighted by molar-refractivity contribution is 9.09. The minimum absolute atomic E-state index is 0.595. The lowest BCUT2D eigenvalue weighted by atomic mass is 9.92. The van der Waals surface area contributed by atoms with Crippen molar-refractivity contribution >= 4 is 15.9 Å². The molecule has 0 aromatic rings. The molecule has 0 N–H and O–H groups in total. The first-order valence-corrected chi connectivity index (χ1v) is 4.43. The van der Waals surface area contributed by atoms with Crippen LogP contribution in [0.4, 0.5) is 0 Å². The molecule has 0 aromatic heterocycles. The highest BCUT2D eigenvalue weighted by atomic mass is 79.9. The van der Waals surface area contributed by atoms with Crippen molar-refractivity contribution in [3.8, 4) is 0 Å². The number of halogens is 1. The Labute approximate surface area is 64.9 Å². The zero-order chi connectivity index (χ0) is 6.69. The van der Waals surface area contributed by atoms with Gasteiger partial charge in [-0.05, 0) is 25.2 Å². The van der Waals surface area contributed by atoms with Crippen molar-refractivity contribution in [2.75, 3.05) is 18.5 Å². The molecule has 1 aliphatic heterocycles. The van der Waals surface area contributed by atoms with E-state index in [1.807, 2.05) is 0 Å². The molecule has 1 nitrogen and oxygen atoms in total. The zero-order valence-corrected chi connectivity index (χ0v) is 7.06. The first kappa shape index (κ1) is 7.55. The second-order valence-electron chi connectivity index (χ2n) is 2.54.